The Labute approximate surface area is 174 Å². The van der Waals surface area contributed by atoms with Gasteiger partial charge < -0.3 is 9.88 Å². The number of likely N-dealkylation sites (tertiary alicyclic amines) is 1. The van der Waals surface area contributed by atoms with Gasteiger partial charge in [0.1, 0.15) is 11.6 Å². The highest BCUT2D eigenvalue weighted by molar-refractivity contribution is 6.31. The number of para-hydroxylation sites is 2. The molecule has 1 aromatic heterocycles. The number of amides is 1. The Morgan fingerprint density at radius 1 is 1.31 bits per heavy atom. The maximum Gasteiger partial charge on any atom is 0.228 e. The summed E-state index contributed by atoms with van der Waals surface area (Å²) in [5.74, 6) is 0.362. The molecule has 5 nitrogen and oxygen atoms in total. The summed E-state index contributed by atoms with van der Waals surface area (Å²) in [6.07, 6.45) is 1.79. The molecule has 1 atom stereocenters. The summed E-state index contributed by atoms with van der Waals surface area (Å²) in [4.78, 5) is 19.8. The van der Waals surface area contributed by atoms with Crippen LogP contribution in [0.5, 0.6) is 0 Å². The predicted molar refractivity (Wildman–Crippen MR) is 113 cm³/mol. The standard InChI is InChI=1S/C22H24ClFN4O/c1-2-28-20-8-4-3-7-19(20)26-21(28)14-27-11-5-6-15(13-27)22(29)25-16-9-10-18(24)17(23)12-16/h3-4,7-10,12,15H,2,5-6,11,13-14H2,1H3,(H,25,29)/t15-/m1/s1. The van der Waals surface area contributed by atoms with Crippen molar-refractivity contribution in [3.05, 3.63) is 59.1 Å². The molecule has 0 radical (unpaired) electrons. The van der Waals surface area contributed by atoms with E-state index in [9.17, 15) is 9.18 Å². The van der Waals surface area contributed by atoms with Crippen molar-refractivity contribution in [2.75, 3.05) is 18.4 Å². The molecule has 0 bridgehead atoms. The number of aromatic nitrogens is 2. The molecule has 2 aromatic carbocycles. The number of carbonyl (C=O) groups is 1. The molecule has 1 aliphatic rings. The monoisotopic (exact) mass is 414 g/mol. The number of aryl methyl sites for hydroxylation is 1. The van der Waals surface area contributed by atoms with E-state index in [1.807, 2.05) is 18.2 Å². The Morgan fingerprint density at radius 3 is 2.93 bits per heavy atom. The van der Waals surface area contributed by atoms with Crippen LogP contribution in [0.1, 0.15) is 25.6 Å². The largest absolute Gasteiger partial charge is 0.327 e. The topological polar surface area (TPSA) is 50.2 Å². The molecule has 4 rings (SSSR count). The summed E-state index contributed by atoms with van der Waals surface area (Å²) in [7, 11) is 0. The number of nitrogens with zero attached hydrogens (tertiary/aromatic N) is 3. The van der Waals surface area contributed by atoms with Crippen molar-refractivity contribution in [2.45, 2.75) is 32.9 Å². The van der Waals surface area contributed by atoms with Gasteiger partial charge in [-0.05, 0) is 56.6 Å². The fraction of sp³-hybridized carbons (Fsp3) is 0.364. The average molecular weight is 415 g/mol. The van der Waals surface area contributed by atoms with Crippen LogP contribution in [-0.2, 0) is 17.9 Å². The number of halogens is 2. The lowest BCUT2D eigenvalue weighted by Gasteiger charge is -2.31. The third kappa shape index (κ3) is 4.28. The van der Waals surface area contributed by atoms with Gasteiger partial charge in [-0.1, -0.05) is 23.7 Å². The molecule has 3 aromatic rings. The maximum absolute atomic E-state index is 13.3. The van der Waals surface area contributed by atoms with Crippen LogP contribution in [-0.4, -0.2) is 33.4 Å². The fourth-order valence-corrected chi connectivity index (χ4v) is 4.21. The van der Waals surface area contributed by atoms with Crippen molar-refractivity contribution in [3.8, 4) is 0 Å². The van der Waals surface area contributed by atoms with Crippen LogP contribution >= 0.6 is 11.6 Å². The summed E-state index contributed by atoms with van der Waals surface area (Å²) >= 11 is 5.81. The van der Waals surface area contributed by atoms with Gasteiger partial charge in [-0.15, -0.1) is 0 Å². The number of benzene rings is 2. The van der Waals surface area contributed by atoms with Crippen LogP contribution in [0.25, 0.3) is 11.0 Å². The molecule has 0 unspecified atom stereocenters. The first-order valence-corrected chi connectivity index (χ1v) is 10.4. The van der Waals surface area contributed by atoms with E-state index in [1.165, 1.54) is 18.2 Å². The molecular formula is C22H24ClFN4O. The van der Waals surface area contributed by atoms with Crippen LogP contribution in [0.4, 0.5) is 10.1 Å². The van der Waals surface area contributed by atoms with Crippen LogP contribution in [0, 0.1) is 11.7 Å². The molecule has 0 spiro atoms. The number of piperidine rings is 1. The Bertz CT molecular complexity index is 1030. The van der Waals surface area contributed by atoms with Gasteiger partial charge in [-0.2, -0.15) is 0 Å². The molecule has 152 valence electrons. The molecular weight excluding hydrogens is 391 g/mol. The molecule has 1 saturated heterocycles. The smallest absolute Gasteiger partial charge is 0.228 e. The zero-order valence-corrected chi connectivity index (χ0v) is 17.1. The molecule has 1 fully saturated rings. The second-order valence-electron chi connectivity index (χ2n) is 7.45. The van der Waals surface area contributed by atoms with Crippen molar-refractivity contribution in [1.29, 1.82) is 0 Å². The number of anilines is 1. The maximum atomic E-state index is 13.3. The Hall–Kier alpha value is -2.44. The van der Waals surface area contributed by atoms with E-state index in [4.69, 9.17) is 16.6 Å². The zero-order chi connectivity index (χ0) is 20.4. The van der Waals surface area contributed by atoms with E-state index in [-0.39, 0.29) is 16.8 Å². The Kier molecular flexibility index (Phi) is 5.83. The van der Waals surface area contributed by atoms with Gasteiger partial charge in [0.05, 0.1) is 28.5 Å². The molecule has 0 saturated carbocycles. The average Bonchev–Trinajstić information content (AvgIpc) is 3.07. The van der Waals surface area contributed by atoms with E-state index in [0.717, 1.165) is 42.8 Å². The second-order valence-corrected chi connectivity index (χ2v) is 7.86. The highest BCUT2D eigenvalue weighted by Gasteiger charge is 2.27. The van der Waals surface area contributed by atoms with E-state index >= 15 is 0 Å². The second kappa shape index (κ2) is 8.51. The van der Waals surface area contributed by atoms with Crippen LogP contribution in [0.3, 0.4) is 0 Å². The number of nitrogens with one attached hydrogen (secondary N) is 1. The normalized spacial score (nSPS) is 17.6. The highest BCUT2D eigenvalue weighted by atomic mass is 35.5. The summed E-state index contributed by atoms with van der Waals surface area (Å²) in [6, 6.07) is 12.4. The van der Waals surface area contributed by atoms with Crippen molar-refractivity contribution in [2.24, 2.45) is 5.92 Å². The summed E-state index contributed by atoms with van der Waals surface area (Å²) in [6.45, 7) is 5.32. The minimum absolute atomic E-state index is 0.00605. The van der Waals surface area contributed by atoms with Gasteiger partial charge >= 0.3 is 0 Å². The third-order valence-electron chi connectivity index (χ3n) is 5.48. The summed E-state index contributed by atoms with van der Waals surface area (Å²) in [5, 5.41) is 2.88. The minimum atomic E-state index is -0.493. The van der Waals surface area contributed by atoms with E-state index in [1.54, 1.807) is 0 Å². The number of fused-ring (bicyclic) bond motifs is 1. The number of carbonyl (C=O) groups excluding carboxylic acids is 1. The van der Waals surface area contributed by atoms with Crippen molar-refractivity contribution in [1.82, 2.24) is 14.5 Å². The molecule has 1 N–H and O–H groups in total. The first-order chi connectivity index (χ1) is 14.0. The van der Waals surface area contributed by atoms with Crippen LogP contribution < -0.4 is 5.32 Å². The quantitative estimate of drug-likeness (QED) is 0.658. The zero-order valence-electron chi connectivity index (χ0n) is 16.4. The van der Waals surface area contributed by atoms with Crippen molar-refractivity contribution in [3.63, 3.8) is 0 Å². The molecule has 7 heteroatoms. The van der Waals surface area contributed by atoms with Gasteiger partial charge in [0.15, 0.2) is 0 Å². The summed E-state index contributed by atoms with van der Waals surface area (Å²) < 4.78 is 15.6. The number of hydrogen-bond acceptors (Lipinski definition) is 3. The molecule has 2 heterocycles. The van der Waals surface area contributed by atoms with E-state index in [2.05, 4.69) is 27.8 Å². The van der Waals surface area contributed by atoms with Crippen molar-refractivity contribution < 1.29 is 9.18 Å². The minimum Gasteiger partial charge on any atom is -0.327 e. The molecule has 1 amide bonds. The first kappa shape index (κ1) is 19.9. The number of rotatable bonds is 5. The highest BCUT2D eigenvalue weighted by Crippen LogP contribution is 2.24. The molecule has 1 aliphatic heterocycles. The lowest BCUT2D eigenvalue weighted by molar-refractivity contribution is -0.121. The lowest BCUT2D eigenvalue weighted by atomic mass is 9.97. The Balaban J connectivity index is 1.44. The number of imidazole rings is 1. The van der Waals surface area contributed by atoms with Gasteiger partial charge in [0.25, 0.3) is 0 Å². The lowest BCUT2D eigenvalue weighted by Crippen LogP contribution is -2.40. The van der Waals surface area contributed by atoms with Crippen LogP contribution in [0.15, 0.2) is 42.5 Å². The SMILES string of the molecule is CCn1c(CN2CCC[C@@H](C(=O)Nc3ccc(F)c(Cl)c3)C2)nc2ccccc21. The first-order valence-electron chi connectivity index (χ1n) is 9.97. The molecule has 29 heavy (non-hydrogen) atoms. The van der Waals surface area contributed by atoms with E-state index < -0.39 is 5.82 Å². The van der Waals surface area contributed by atoms with Gasteiger partial charge in [0, 0.05) is 18.8 Å². The number of hydrogen-bond donors (Lipinski definition) is 1. The van der Waals surface area contributed by atoms with Gasteiger partial charge in [-0.3, -0.25) is 9.69 Å². The van der Waals surface area contributed by atoms with E-state index in [0.29, 0.717) is 18.8 Å². The van der Waals surface area contributed by atoms with Gasteiger partial charge in [-0.25, -0.2) is 9.37 Å². The predicted octanol–water partition coefficient (Wildman–Crippen LogP) is 4.70. The third-order valence-corrected chi connectivity index (χ3v) is 5.77. The fourth-order valence-electron chi connectivity index (χ4n) is 4.03. The van der Waals surface area contributed by atoms with Crippen molar-refractivity contribution >= 4 is 34.2 Å². The Morgan fingerprint density at radius 2 is 2.14 bits per heavy atom. The van der Waals surface area contributed by atoms with Gasteiger partial charge in [0.2, 0.25) is 5.91 Å². The summed E-state index contributed by atoms with van der Waals surface area (Å²) in [5.41, 5.74) is 2.67. The van der Waals surface area contributed by atoms with Crippen LogP contribution in [0.2, 0.25) is 5.02 Å². The molecule has 0 aliphatic carbocycles.